The van der Waals surface area contributed by atoms with E-state index in [1.54, 1.807) is 13.3 Å². The van der Waals surface area contributed by atoms with Crippen LogP contribution in [0.15, 0.2) is 23.9 Å². The molecule has 216 valence electrons. The summed E-state index contributed by atoms with van der Waals surface area (Å²) in [6, 6.07) is -0.637. The summed E-state index contributed by atoms with van der Waals surface area (Å²) >= 11 is 0. The molecule has 0 spiro atoms. The van der Waals surface area contributed by atoms with E-state index in [0.29, 0.717) is 29.7 Å². The van der Waals surface area contributed by atoms with E-state index in [2.05, 4.69) is 53.4 Å². The Labute approximate surface area is 234 Å². The van der Waals surface area contributed by atoms with Gasteiger partial charge >= 0.3 is 12.0 Å². The molecule has 2 amide bonds. The second-order valence-electron chi connectivity index (χ2n) is 15.2. The van der Waals surface area contributed by atoms with Gasteiger partial charge in [-0.25, -0.2) is 4.79 Å². The predicted molar refractivity (Wildman–Crippen MR) is 152 cm³/mol. The minimum Gasteiger partial charge on any atom is -0.469 e. The number of fused-ring (bicyclic) bond motifs is 7. The monoisotopic (exact) mass is 538 g/mol. The van der Waals surface area contributed by atoms with Gasteiger partial charge in [0.25, 0.3) is 0 Å². The van der Waals surface area contributed by atoms with E-state index in [1.165, 1.54) is 5.57 Å². The molecule has 0 aromatic carbocycles. The molecule has 0 aromatic rings. The maximum absolute atomic E-state index is 13.6. The van der Waals surface area contributed by atoms with Gasteiger partial charge in [0.1, 0.15) is 0 Å². The summed E-state index contributed by atoms with van der Waals surface area (Å²) in [5.74, 6) is 1.95. The van der Waals surface area contributed by atoms with Gasteiger partial charge in [-0.15, -0.1) is 0 Å². The van der Waals surface area contributed by atoms with Crippen molar-refractivity contribution in [2.24, 2.45) is 62.4 Å². The third-order valence-corrected chi connectivity index (χ3v) is 13.6. The van der Waals surface area contributed by atoms with Crippen molar-refractivity contribution in [2.75, 3.05) is 7.11 Å². The number of nitrogens with two attached hydrogens (primary N) is 1. The van der Waals surface area contributed by atoms with Crippen LogP contribution in [0.2, 0.25) is 0 Å². The number of amides is 2. The number of Topliss-reactive ketones (excluding diaryl/α,β-unsaturated/α-hetero) is 1. The first kappa shape index (κ1) is 28.4. The van der Waals surface area contributed by atoms with Crippen LogP contribution in [-0.2, 0) is 14.3 Å². The van der Waals surface area contributed by atoms with Crippen molar-refractivity contribution < 1.29 is 19.1 Å². The van der Waals surface area contributed by atoms with Gasteiger partial charge < -0.3 is 15.8 Å². The largest absolute Gasteiger partial charge is 0.469 e. The molecule has 0 bridgehead atoms. The molecule has 0 unspecified atom stereocenters. The summed E-state index contributed by atoms with van der Waals surface area (Å²) < 4.78 is 5.49. The van der Waals surface area contributed by atoms with Crippen molar-refractivity contribution in [2.45, 2.75) is 99.3 Å². The molecule has 5 aliphatic carbocycles. The van der Waals surface area contributed by atoms with Crippen LogP contribution in [0.4, 0.5) is 4.79 Å². The molecule has 39 heavy (non-hydrogen) atoms. The fourth-order valence-corrected chi connectivity index (χ4v) is 11.8. The highest BCUT2D eigenvalue weighted by Gasteiger charge is 2.72. The van der Waals surface area contributed by atoms with Gasteiger partial charge in [0.2, 0.25) is 0 Å². The van der Waals surface area contributed by atoms with Crippen molar-refractivity contribution in [1.29, 1.82) is 0 Å². The molecule has 5 saturated carbocycles. The minimum atomic E-state index is -0.637. The number of carbonyl (C=O) groups is 3. The molecule has 0 radical (unpaired) electrons. The standard InChI is InChI=1S/C33H50N2O4/c1-19(2)21-11-14-33(27(37)39-8)16-15-31(6)22(25(21)33)9-10-24-30(5)17-20(18-35-28(34)38)26(36)29(3,4)23(30)12-13-32(24,31)7/h18,21-25H,1,9-17H2,2-8H3,(H3,34,35,38)/b20-18+/t21-,22+,23+,24+,25-,30-,31+,32+,33-/m0/s1. The summed E-state index contributed by atoms with van der Waals surface area (Å²) in [6.45, 7) is 18.3. The van der Waals surface area contributed by atoms with Crippen LogP contribution in [0, 0.1) is 56.7 Å². The molecule has 0 aromatic heterocycles. The maximum Gasteiger partial charge on any atom is 0.316 e. The molecule has 9 atom stereocenters. The molecule has 5 rings (SSSR count). The van der Waals surface area contributed by atoms with Gasteiger partial charge in [-0.05, 0) is 111 Å². The van der Waals surface area contributed by atoms with E-state index in [1.807, 2.05) is 0 Å². The topological polar surface area (TPSA) is 98.5 Å². The van der Waals surface area contributed by atoms with E-state index in [9.17, 15) is 14.4 Å². The number of methoxy groups -OCH3 is 1. The third-order valence-electron chi connectivity index (χ3n) is 13.6. The summed E-state index contributed by atoms with van der Waals surface area (Å²) in [5.41, 5.74) is 6.51. The van der Waals surface area contributed by atoms with Crippen LogP contribution in [0.25, 0.3) is 0 Å². The van der Waals surface area contributed by atoms with Gasteiger partial charge in [-0.2, -0.15) is 0 Å². The predicted octanol–water partition coefficient (Wildman–Crippen LogP) is 6.55. The Morgan fingerprint density at radius 1 is 0.974 bits per heavy atom. The zero-order valence-corrected chi connectivity index (χ0v) is 25.2. The molecule has 0 aliphatic heterocycles. The average molecular weight is 539 g/mol. The number of ketones is 1. The smallest absolute Gasteiger partial charge is 0.316 e. The summed E-state index contributed by atoms with van der Waals surface area (Å²) in [4.78, 5) is 38.6. The van der Waals surface area contributed by atoms with Gasteiger partial charge in [-0.3, -0.25) is 9.59 Å². The van der Waals surface area contributed by atoms with E-state index in [-0.39, 0.29) is 45.2 Å². The SMILES string of the molecule is C=C(C)[C@@H]1CC[C@]2(C(=O)OC)CC[C@]3(C)[C@H](CC[C@@H]4[C@@]5(C)C/C(=C\NC(N)=O)C(=O)C(C)(C)[C@H]5CC[C@]43C)[C@H]12. The van der Waals surface area contributed by atoms with Crippen LogP contribution in [0.5, 0.6) is 0 Å². The van der Waals surface area contributed by atoms with Gasteiger partial charge in [0.05, 0.1) is 12.5 Å². The molecular formula is C33H50N2O4. The molecule has 0 heterocycles. The van der Waals surface area contributed by atoms with E-state index in [0.717, 1.165) is 51.4 Å². The fourth-order valence-electron chi connectivity index (χ4n) is 11.8. The Balaban J connectivity index is 1.57. The van der Waals surface area contributed by atoms with Crippen LogP contribution < -0.4 is 11.1 Å². The number of primary amides is 1. The van der Waals surface area contributed by atoms with Crippen LogP contribution >= 0.6 is 0 Å². The van der Waals surface area contributed by atoms with Gasteiger partial charge in [-0.1, -0.05) is 46.8 Å². The number of hydrogen-bond acceptors (Lipinski definition) is 4. The average Bonchev–Trinajstić information content (AvgIpc) is 3.26. The Morgan fingerprint density at radius 3 is 2.28 bits per heavy atom. The Morgan fingerprint density at radius 2 is 1.67 bits per heavy atom. The summed E-state index contributed by atoms with van der Waals surface area (Å²) in [6.07, 6.45) is 10.4. The van der Waals surface area contributed by atoms with Gasteiger partial charge in [0, 0.05) is 17.2 Å². The Kier molecular flexibility index (Phi) is 6.52. The second kappa shape index (κ2) is 8.94. The van der Waals surface area contributed by atoms with E-state index < -0.39 is 11.4 Å². The first-order chi connectivity index (χ1) is 18.1. The van der Waals surface area contributed by atoms with Crippen molar-refractivity contribution in [3.63, 3.8) is 0 Å². The Hall–Kier alpha value is -2.11. The zero-order chi connectivity index (χ0) is 28.8. The lowest BCUT2D eigenvalue weighted by Crippen LogP contribution is -2.67. The van der Waals surface area contributed by atoms with E-state index in [4.69, 9.17) is 10.5 Å². The molecule has 6 nitrogen and oxygen atoms in total. The van der Waals surface area contributed by atoms with Crippen LogP contribution in [0.1, 0.15) is 99.3 Å². The van der Waals surface area contributed by atoms with Gasteiger partial charge in [0.15, 0.2) is 5.78 Å². The lowest BCUT2D eigenvalue weighted by Gasteiger charge is -2.72. The first-order valence-corrected chi connectivity index (χ1v) is 15.1. The summed E-state index contributed by atoms with van der Waals surface area (Å²) in [7, 11) is 1.56. The zero-order valence-electron chi connectivity index (χ0n) is 25.2. The number of esters is 1. The third kappa shape index (κ3) is 3.61. The molecule has 5 aliphatic rings. The van der Waals surface area contributed by atoms with Crippen LogP contribution in [0.3, 0.4) is 0 Å². The van der Waals surface area contributed by atoms with Crippen molar-refractivity contribution in [3.8, 4) is 0 Å². The minimum absolute atomic E-state index is 0.00878. The number of allylic oxidation sites excluding steroid dienone is 2. The van der Waals surface area contributed by atoms with Crippen molar-refractivity contribution >= 4 is 17.8 Å². The normalized spacial score (nSPS) is 47.3. The number of urea groups is 1. The van der Waals surface area contributed by atoms with Crippen molar-refractivity contribution in [3.05, 3.63) is 23.9 Å². The lowest BCUT2D eigenvalue weighted by molar-refractivity contribution is -0.232. The maximum atomic E-state index is 13.6. The number of rotatable bonds is 3. The lowest BCUT2D eigenvalue weighted by atomic mass is 9.32. The number of ether oxygens (including phenoxy) is 1. The highest BCUT2D eigenvalue weighted by atomic mass is 16.5. The second-order valence-corrected chi connectivity index (χ2v) is 15.2. The first-order valence-electron chi connectivity index (χ1n) is 15.1. The number of nitrogens with one attached hydrogen (secondary N) is 1. The summed E-state index contributed by atoms with van der Waals surface area (Å²) in [5, 5.41) is 2.60. The quantitative estimate of drug-likeness (QED) is 0.242. The number of carbonyl (C=O) groups excluding carboxylic acids is 3. The number of hydrogen-bond donors (Lipinski definition) is 2. The molecule has 0 saturated heterocycles. The molecule has 5 fully saturated rings. The molecule has 3 N–H and O–H groups in total. The van der Waals surface area contributed by atoms with Crippen molar-refractivity contribution in [1.82, 2.24) is 5.32 Å². The fraction of sp³-hybridized carbons (Fsp3) is 0.788. The molecule has 6 heteroatoms. The van der Waals surface area contributed by atoms with Crippen LogP contribution in [-0.4, -0.2) is 24.9 Å². The Bertz CT molecular complexity index is 1140. The highest BCUT2D eigenvalue weighted by Crippen LogP contribution is 2.77. The molecular weight excluding hydrogens is 488 g/mol. The highest BCUT2D eigenvalue weighted by molar-refractivity contribution is 6.01. The van der Waals surface area contributed by atoms with E-state index >= 15 is 0 Å².